The lowest BCUT2D eigenvalue weighted by Crippen LogP contribution is -2.44. The number of anilines is 2. The summed E-state index contributed by atoms with van der Waals surface area (Å²) in [5.41, 5.74) is 1.32. The van der Waals surface area contributed by atoms with E-state index in [1.807, 2.05) is 11.8 Å². The van der Waals surface area contributed by atoms with Crippen LogP contribution in [0.2, 0.25) is 0 Å². The Kier molecular flexibility index (Phi) is 7.93. The van der Waals surface area contributed by atoms with E-state index in [4.69, 9.17) is 4.74 Å². The van der Waals surface area contributed by atoms with Gasteiger partial charge in [0.25, 0.3) is 6.43 Å². The molecule has 4 rings (SSSR count). The van der Waals surface area contributed by atoms with E-state index in [0.29, 0.717) is 48.3 Å². The number of hydrogen-bond donors (Lipinski definition) is 2. The van der Waals surface area contributed by atoms with Crippen molar-refractivity contribution in [1.29, 1.82) is 0 Å². The van der Waals surface area contributed by atoms with Crippen molar-refractivity contribution < 1.29 is 26.7 Å². The Morgan fingerprint density at radius 1 is 1.11 bits per heavy atom. The van der Waals surface area contributed by atoms with Gasteiger partial charge in [0.2, 0.25) is 5.95 Å². The molecule has 2 N–H and O–H groups in total. The number of halogens is 2. The van der Waals surface area contributed by atoms with E-state index in [0.717, 1.165) is 6.26 Å². The number of sulfone groups is 1. The first-order valence-electron chi connectivity index (χ1n) is 11.4. The summed E-state index contributed by atoms with van der Waals surface area (Å²) in [4.78, 5) is 27.7. The number of aromatic nitrogens is 3. The zero-order valence-corrected chi connectivity index (χ0v) is 21.0. The van der Waals surface area contributed by atoms with Gasteiger partial charge in [0.1, 0.15) is 0 Å². The van der Waals surface area contributed by atoms with Gasteiger partial charge in [-0.3, -0.25) is 0 Å². The van der Waals surface area contributed by atoms with Crippen LogP contribution in [0.4, 0.5) is 25.2 Å². The molecule has 1 aliphatic heterocycles. The number of carbonyl (C=O) groups is 1. The number of rotatable bonds is 7. The Hall–Kier alpha value is -3.71. The van der Waals surface area contributed by atoms with E-state index in [-0.39, 0.29) is 16.8 Å². The zero-order chi connectivity index (χ0) is 26.6. The number of ether oxygens (including phenoxy) is 1. The molecule has 1 atom stereocenters. The molecular weight excluding hydrogens is 506 g/mol. The molecule has 13 heteroatoms. The minimum Gasteiger partial charge on any atom is -0.377 e. The third-order valence-corrected chi connectivity index (χ3v) is 6.75. The van der Waals surface area contributed by atoms with Crippen LogP contribution in [0.25, 0.3) is 22.8 Å². The molecule has 1 saturated heterocycles. The van der Waals surface area contributed by atoms with Gasteiger partial charge in [-0.05, 0) is 43.3 Å². The summed E-state index contributed by atoms with van der Waals surface area (Å²) in [7, 11) is -3.56. The number of morpholine rings is 1. The molecule has 2 heterocycles. The fourth-order valence-corrected chi connectivity index (χ4v) is 4.67. The smallest absolute Gasteiger partial charge is 0.319 e. The van der Waals surface area contributed by atoms with Gasteiger partial charge in [-0.2, -0.15) is 9.97 Å². The van der Waals surface area contributed by atoms with E-state index in [1.54, 1.807) is 42.5 Å². The minimum atomic E-state index is -3.56. The van der Waals surface area contributed by atoms with Crippen LogP contribution < -0.4 is 15.5 Å². The van der Waals surface area contributed by atoms with Crippen molar-refractivity contribution in [2.45, 2.75) is 24.3 Å². The second-order valence-corrected chi connectivity index (χ2v) is 10.5. The summed E-state index contributed by atoms with van der Waals surface area (Å²) < 4.78 is 55.0. The van der Waals surface area contributed by atoms with E-state index < -0.39 is 28.8 Å². The van der Waals surface area contributed by atoms with Crippen molar-refractivity contribution >= 4 is 27.5 Å². The number of nitrogens with one attached hydrogen (secondary N) is 2. The third kappa shape index (κ3) is 6.54. The van der Waals surface area contributed by atoms with Crippen LogP contribution in [0.15, 0.2) is 53.4 Å². The average Bonchev–Trinajstić information content (AvgIpc) is 2.87. The Labute approximate surface area is 213 Å². The van der Waals surface area contributed by atoms with Crippen molar-refractivity contribution in [2.24, 2.45) is 0 Å². The predicted molar refractivity (Wildman–Crippen MR) is 134 cm³/mol. The monoisotopic (exact) mass is 532 g/mol. The maximum Gasteiger partial charge on any atom is 0.319 e. The van der Waals surface area contributed by atoms with Gasteiger partial charge in [-0.1, -0.05) is 12.1 Å². The molecule has 1 aromatic heterocycles. The molecule has 0 saturated carbocycles. The second-order valence-electron chi connectivity index (χ2n) is 8.47. The number of benzene rings is 2. The van der Waals surface area contributed by atoms with Gasteiger partial charge in [0.15, 0.2) is 21.5 Å². The van der Waals surface area contributed by atoms with Crippen LogP contribution in [-0.4, -0.2) is 74.4 Å². The topological polar surface area (TPSA) is 126 Å². The normalized spacial score (nSPS) is 16.0. The summed E-state index contributed by atoms with van der Waals surface area (Å²) in [5, 5.41) is 4.55. The molecule has 37 heavy (non-hydrogen) atoms. The lowest BCUT2D eigenvalue weighted by molar-refractivity contribution is 0.0981. The highest BCUT2D eigenvalue weighted by Gasteiger charge is 2.25. The first kappa shape index (κ1) is 26.4. The largest absolute Gasteiger partial charge is 0.377 e. The first-order valence-corrected chi connectivity index (χ1v) is 13.3. The quantitative estimate of drug-likeness (QED) is 0.475. The second kappa shape index (κ2) is 11.1. The molecule has 2 amide bonds. The molecule has 1 fully saturated rings. The maximum absolute atomic E-state index is 12.5. The molecule has 0 bridgehead atoms. The maximum atomic E-state index is 12.5. The SMILES string of the molecule is CC1COCCN1c1nc(-c2ccc(NC(=O)NCC(F)F)cc2)nc(-c2ccccc2S(C)(=O)=O)n1. The standard InChI is InChI=1S/C24H26F2N6O4S/c1-15-14-36-12-11-32(15)23-30-21(16-7-9-17(10-8-16)28-24(33)27-13-20(25)26)29-22(31-23)18-5-3-4-6-19(18)37(2,34)35/h3-10,15,20H,11-14H2,1-2H3,(H2,27,28,33). The number of carbonyl (C=O) groups excluding carboxylic acids is 1. The summed E-state index contributed by atoms with van der Waals surface area (Å²) in [6, 6.07) is 12.2. The summed E-state index contributed by atoms with van der Waals surface area (Å²) >= 11 is 0. The minimum absolute atomic E-state index is 0.0136. The van der Waals surface area contributed by atoms with Crippen LogP contribution >= 0.6 is 0 Å². The van der Waals surface area contributed by atoms with Gasteiger partial charge < -0.3 is 20.3 Å². The molecule has 0 aliphatic carbocycles. The van der Waals surface area contributed by atoms with Crippen molar-refractivity contribution in [3.8, 4) is 22.8 Å². The molecule has 0 radical (unpaired) electrons. The molecule has 1 aliphatic rings. The Morgan fingerprint density at radius 2 is 1.81 bits per heavy atom. The van der Waals surface area contributed by atoms with Gasteiger partial charge in [-0.15, -0.1) is 0 Å². The molecule has 2 aromatic carbocycles. The Bertz CT molecular complexity index is 1370. The van der Waals surface area contributed by atoms with E-state index >= 15 is 0 Å². The third-order valence-electron chi connectivity index (χ3n) is 5.59. The molecular formula is C24H26F2N6O4S. The van der Waals surface area contributed by atoms with Crippen LogP contribution in [0.1, 0.15) is 6.92 Å². The number of nitrogens with zero attached hydrogens (tertiary/aromatic N) is 4. The molecule has 0 spiro atoms. The van der Waals surface area contributed by atoms with Crippen molar-refractivity contribution in [1.82, 2.24) is 20.3 Å². The van der Waals surface area contributed by atoms with E-state index in [1.165, 1.54) is 6.07 Å². The van der Waals surface area contributed by atoms with E-state index in [9.17, 15) is 22.0 Å². The van der Waals surface area contributed by atoms with Crippen LogP contribution in [0.5, 0.6) is 0 Å². The Balaban J connectivity index is 1.73. The van der Waals surface area contributed by atoms with E-state index in [2.05, 4.69) is 25.6 Å². The zero-order valence-electron chi connectivity index (χ0n) is 20.2. The van der Waals surface area contributed by atoms with Crippen LogP contribution in [0.3, 0.4) is 0 Å². The fraction of sp³-hybridized carbons (Fsp3) is 0.333. The molecule has 3 aromatic rings. The predicted octanol–water partition coefficient (Wildman–Crippen LogP) is 3.22. The molecule has 10 nitrogen and oxygen atoms in total. The number of hydrogen-bond acceptors (Lipinski definition) is 8. The highest BCUT2D eigenvalue weighted by Crippen LogP contribution is 2.29. The average molecular weight is 533 g/mol. The van der Waals surface area contributed by atoms with Crippen molar-refractivity contribution in [3.63, 3.8) is 0 Å². The fourth-order valence-electron chi connectivity index (χ4n) is 3.79. The number of alkyl halides is 2. The lowest BCUT2D eigenvalue weighted by Gasteiger charge is -2.33. The number of amides is 2. The van der Waals surface area contributed by atoms with Gasteiger partial charge >= 0.3 is 6.03 Å². The summed E-state index contributed by atoms with van der Waals surface area (Å²) in [6.07, 6.45) is -1.52. The van der Waals surface area contributed by atoms with Crippen LogP contribution in [0, 0.1) is 0 Å². The first-order chi connectivity index (χ1) is 17.6. The van der Waals surface area contributed by atoms with Crippen molar-refractivity contribution in [2.75, 3.05) is 42.8 Å². The highest BCUT2D eigenvalue weighted by atomic mass is 32.2. The van der Waals surface area contributed by atoms with Gasteiger partial charge in [-0.25, -0.2) is 27.0 Å². The lowest BCUT2D eigenvalue weighted by atomic mass is 10.1. The Morgan fingerprint density at radius 3 is 2.49 bits per heavy atom. The molecule has 1 unspecified atom stereocenters. The summed E-state index contributed by atoms with van der Waals surface area (Å²) in [6.45, 7) is 2.76. The number of urea groups is 1. The molecule has 196 valence electrons. The van der Waals surface area contributed by atoms with Crippen molar-refractivity contribution in [3.05, 3.63) is 48.5 Å². The highest BCUT2D eigenvalue weighted by molar-refractivity contribution is 7.90. The summed E-state index contributed by atoms with van der Waals surface area (Å²) in [5.74, 6) is 0.886. The van der Waals surface area contributed by atoms with Crippen LogP contribution in [-0.2, 0) is 14.6 Å². The van der Waals surface area contributed by atoms with Gasteiger partial charge in [0.05, 0.1) is 30.7 Å². The van der Waals surface area contributed by atoms with Gasteiger partial charge in [0, 0.05) is 29.6 Å².